The zero-order valence-electron chi connectivity index (χ0n) is 11.3. The molecule has 2 aromatic rings. The van der Waals surface area contributed by atoms with Gasteiger partial charge in [-0.3, -0.25) is 4.68 Å². The fourth-order valence-corrected chi connectivity index (χ4v) is 2.40. The molecule has 0 spiro atoms. The van der Waals surface area contributed by atoms with Crippen molar-refractivity contribution in [3.05, 3.63) is 23.5 Å². The minimum Gasteiger partial charge on any atom is -0.310 e. The number of hydrogen-bond acceptors (Lipinski definition) is 4. The number of nitrogens with one attached hydrogen (secondary N) is 1. The van der Waals surface area contributed by atoms with Crippen molar-refractivity contribution in [2.24, 2.45) is 0 Å². The molecule has 0 aliphatic rings. The quantitative estimate of drug-likeness (QED) is 0.902. The fourth-order valence-electron chi connectivity index (χ4n) is 1.56. The van der Waals surface area contributed by atoms with Crippen LogP contribution in [0.25, 0.3) is 10.6 Å². The minimum atomic E-state index is 0.390. The van der Waals surface area contributed by atoms with Gasteiger partial charge in [-0.25, -0.2) is 4.98 Å². The Morgan fingerprint density at radius 1 is 1.28 bits per heavy atom. The number of hydrogen-bond donors (Lipinski definition) is 1. The molecule has 1 N–H and O–H groups in total. The zero-order chi connectivity index (χ0) is 13.1. The van der Waals surface area contributed by atoms with Gasteiger partial charge < -0.3 is 5.32 Å². The van der Waals surface area contributed by atoms with Crippen molar-refractivity contribution >= 4 is 11.3 Å². The van der Waals surface area contributed by atoms with E-state index in [9.17, 15) is 0 Å². The van der Waals surface area contributed by atoms with Crippen LogP contribution in [0.5, 0.6) is 0 Å². The van der Waals surface area contributed by atoms with Gasteiger partial charge in [0.05, 0.1) is 6.20 Å². The molecule has 0 aromatic carbocycles. The third-order valence-corrected chi connectivity index (χ3v) is 3.66. The molecule has 0 aliphatic heterocycles. The third-order valence-electron chi connectivity index (χ3n) is 2.62. The second-order valence-electron chi connectivity index (χ2n) is 4.97. The van der Waals surface area contributed by atoms with Crippen molar-refractivity contribution in [2.75, 3.05) is 0 Å². The highest BCUT2D eigenvalue weighted by molar-refractivity contribution is 7.15. The van der Waals surface area contributed by atoms with Gasteiger partial charge in [-0.05, 0) is 13.8 Å². The van der Waals surface area contributed by atoms with E-state index in [1.165, 1.54) is 4.88 Å². The molecule has 0 amide bonds. The first-order valence-electron chi connectivity index (χ1n) is 6.29. The molecule has 2 aromatic heterocycles. The van der Waals surface area contributed by atoms with Gasteiger partial charge in [0.25, 0.3) is 0 Å². The Morgan fingerprint density at radius 2 is 2.06 bits per heavy atom. The standard InChI is InChI=1S/C13H20N4S/c1-9(2)14-6-12-7-15-13(18-12)11-5-16-17(8-11)10(3)4/h5,7-10,14H,6H2,1-4H3. The molecule has 98 valence electrons. The smallest absolute Gasteiger partial charge is 0.126 e. The zero-order valence-corrected chi connectivity index (χ0v) is 12.2. The molecule has 0 unspecified atom stereocenters. The summed E-state index contributed by atoms with van der Waals surface area (Å²) in [6.45, 7) is 9.42. The van der Waals surface area contributed by atoms with Crippen LogP contribution in [-0.4, -0.2) is 20.8 Å². The monoisotopic (exact) mass is 264 g/mol. The van der Waals surface area contributed by atoms with E-state index in [1.54, 1.807) is 11.3 Å². The maximum atomic E-state index is 4.46. The third kappa shape index (κ3) is 3.17. The lowest BCUT2D eigenvalue weighted by Crippen LogP contribution is -2.21. The topological polar surface area (TPSA) is 42.7 Å². The van der Waals surface area contributed by atoms with Gasteiger partial charge in [-0.1, -0.05) is 13.8 Å². The number of thiazole rings is 1. The second kappa shape index (κ2) is 5.63. The Balaban J connectivity index is 2.08. The lowest BCUT2D eigenvalue weighted by atomic mass is 10.3. The van der Waals surface area contributed by atoms with Crippen LogP contribution in [0.1, 0.15) is 38.6 Å². The van der Waals surface area contributed by atoms with Gasteiger partial charge in [0, 0.05) is 41.5 Å². The highest BCUT2D eigenvalue weighted by Crippen LogP contribution is 2.25. The normalized spacial score (nSPS) is 11.7. The second-order valence-corrected chi connectivity index (χ2v) is 6.09. The van der Waals surface area contributed by atoms with E-state index in [0.717, 1.165) is 17.1 Å². The van der Waals surface area contributed by atoms with Crippen LogP contribution >= 0.6 is 11.3 Å². The van der Waals surface area contributed by atoms with Gasteiger partial charge >= 0.3 is 0 Å². The maximum Gasteiger partial charge on any atom is 0.126 e. The molecule has 18 heavy (non-hydrogen) atoms. The van der Waals surface area contributed by atoms with Gasteiger partial charge in [-0.15, -0.1) is 11.3 Å². The summed E-state index contributed by atoms with van der Waals surface area (Å²) >= 11 is 1.73. The predicted molar refractivity (Wildman–Crippen MR) is 75.7 cm³/mol. The SMILES string of the molecule is CC(C)NCc1cnc(-c2cnn(C(C)C)c2)s1. The van der Waals surface area contributed by atoms with Crippen LogP contribution in [0, 0.1) is 0 Å². The molecule has 0 radical (unpaired) electrons. The maximum absolute atomic E-state index is 4.46. The Hall–Kier alpha value is -1.20. The van der Waals surface area contributed by atoms with Crippen molar-refractivity contribution in [1.29, 1.82) is 0 Å². The van der Waals surface area contributed by atoms with E-state index in [0.29, 0.717) is 12.1 Å². The van der Waals surface area contributed by atoms with Crippen LogP contribution in [0.4, 0.5) is 0 Å². The van der Waals surface area contributed by atoms with Crippen LogP contribution < -0.4 is 5.32 Å². The van der Waals surface area contributed by atoms with Gasteiger partial charge in [0.1, 0.15) is 5.01 Å². The van der Waals surface area contributed by atoms with Gasteiger partial charge in [0.15, 0.2) is 0 Å². The first kappa shape index (κ1) is 13.2. The summed E-state index contributed by atoms with van der Waals surface area (Å²) in [5.41, 5.74) is 1.10. The summed E-state index contributed by atoms with van der Waals surface area (Å²) in [7, 11) is 0. The first-order valence-corrected chi connectivity index (χ1v) is 7.10. The summed E-state index contributed by atoms with van der Waals surface area (Å²) in [4.78, 5) is 5.72. The van der Waals surface area contributed by atoms with Crippen molar-refractivity contribution in [3.8, 4) is 10.6 Å². The molecule has 0 atom stereocenters. The number of nitrogens with zero attached hydrogens (tertiary/aromatic N) is 3. The van der Waals surface area contributed by atoms with E-state index in [-0.39, 0.29) is 0 Å². The Kier molecular flexibility index (Phi) is 4.14. The Labute approximate surface area is 112 Å². The molecule has 0 aliphatic carbocycles. The Morgan fingerprint density at radius 3 is 2.67 bits per heavy atom. The van der Waals surface area contributed by atoms with Crippen LogP contribution in [0.2, 0.25) is 0 Å². The lowest BCUT2D eigenvalue weighted by Gasteiger charge is -2.04. The molecule has 0 bridgehead atoms. The van der Waals surface area contributed by atoms with Crippen molar-refractivity contribution in [2.45, 2.75) is 46.3 Å². The van der Waals surface area contributed by atoms with E-state index in [2.05, 4.69) is 49.3 Å². The van der Waals surface area contributed by atoms with Gasteiger partial charge in [-0.2, -0.15) is 5.10 Å². The molecule has 0 saturated carbocycles. The van der Waals surface area contributed by atoms with Crippen molar-refractivity contribution in [1.82, 2.24) is 20.1 Å². The molecular weight excluding hydrogens is 244 g/mol. The van der Waals surface area contributed by atoms with E-state index < -0.39 is 0 Å². The van der Waals surface area contributed by atoms with E-state index >= 15 is 0 Å². The average Bonchev–Trinajstić information content (AvgIpc) is 2.95. The lowest BCUT2D eigenvalue weighted by molar-refractivity contribution is 0.532. The summed E-state index contributed by atoms with van der Waals surface area (Å²) < 4.78 is 1.96. The van der Waals surface area contributed by atoms with Crippen LogP contribution in [0.15, 0.2) is 18.6 Å². The molecular formula is C13H20N4S. The first-order chi connectivity index (χ1) is 8.56. The highest BCUT2D eigenvalue weighted by Gasteiger charge is 2.08. The minimum absolute atomic E-state index is 0.390. The van der Waals surface area contributed by atoms with E-state index in [4.69, 9.17) is 0 Å². The fraction of sp³-hybridized carbons (Fsp3) is 0.538. The van der Waals surface area contributed by atoms with Crippen molar-refractivity contribution in [3.63, 3.8) is 0 Å². The summed E-state index contributed by atoms with van der Waals surface area (Å²) in [6.07, 6.45) is 5.89. The van der Waals surface area contributed by atoms with Gasteiger partial charge in [0.2, 0.25) is 0 Å². The highest BCUT2D eigenvalue weighted by atomic mass is 32.1. The molecule has 4 nitrogen and oxygen atoms in total. The summed E-state index contributed by atoms with van der Waals surface area (Å²) in [5, 5.41) is 8.79. The van der Waals surface area contributed by atoms with E-state index in [1.807, 2.05) is 17.1 Å². The van der Waals surface area contributed by atoms with Crippen LogP contribution in [0.3, 0.4) is 0 Å². The largest absolute Gasteiger partial charge is 0.310 e. The average molecular weight is 264 g/mol. The predicted octanol–water partition coefficient (Wildman–Crippen LogP) is 3.09. The number of aromatic nitrogens is 3. The number of rotatable bonds is 5. The van der Waals surface area contributed by atoms with Crippen LogP contribution in [-0.2, 0) is 6.54 Å². The molecule has 5 heteroatoms. The molecule has 0 saturated heterocycles. The van der Waals surface area contributed by atoms with Crippen molar-refractivity contribution < 1.29 is 0 Å². The molecule has 2 rings (SSSR count). The summed E-state index contributed by atoms with van der Waals surface area (Å²) in [5.74, 6) is 0. The Bertz CT molecular complexity index is 499. The molecule has 0 fully saturated rings. The molecule has 2 heterocycles. The summed E-state index contributed by atoms with van der Waals surface area (Å²) in [6, 6.07) is 0.889.